The summed E-state index contributed by atoms with van der Waals surface area (Å²) in [6.45, 7) is 10.6. The number of carbonyl (C=O) groups excluding carboxylic acids is 2. The van der Waals surface area contributed by atoms with Crippen LogP contribution in [0.25, 0.3) is 0 Å². The van der Waals surface area contributed by atoms with Gasteiger partial charge in [0.25, 0.3) is 0 Å². The molecule has 0 N–H and O–H groups in total. The van der Waals surface area contributed by atoms with E-state index in [1.54, 1.807) is 0 Å². The van der Waals surface area contributed by atoms with Crippen molar-refractivity contribution in [3.8, 4) is 0 Å². The lowest BCUT2D eigenvalue weighted by Crippen LogP contribution is -2.48. The Hall–Kier alpha value is -2.56. The maximum Gasteiger partial charge on any atom is 0.242 e. The highest BCUT2D eigenvalue weighted by Crippen LogP contribution is 2.26. The Labute approximate surface area is 206 Å². The Kier molecular flexibility index (Phi) is 9.79. The summed E-state index contributed by atoms with van der Waals surface area (Å²) in [5.74, 6) is 0.301. The highest BCUT2D eigenvalue weighted by molar-refractivity contribution is 5.86. The standard InChI is InChI=1S/C29H43N3O2/c1-5-6-17-31(21-27-16-11-18-30(27)20-25-13-10-12-24(4)19-25)28(33)22-32(23(2)3)29(34)26-14-8-7-9-15-26/h10-13,16,18-19,23,26H,5-9,14-15,17,20-22H2,1-4H3. The van der Waals surface area contributed by atoms with Crippen molar-refractivity contribution in [3.05, 3.63) is 59.4 Å². The zero-order valence-electron chi connectivity index (χ0n) is 21.6. The second kappa shape index (κ2) is 12.8. The van der Waals surface area contributed by atoms with Crippen molar-refractivity contribution in [2.24, 2.45) is 5.92 Å². The molecule has 5 nitrogen and oxygen atoms in total. The van der Waals surface area contributed by atoms with Crippen LogP contribution < -0.4 is 0 Å². The van der Waals surface area contributed by atoms with E-state index in [-0.39, 0.29) is 30.3 Å². The maximum absolute atomic E-state index is 13.5. The average Bonchev–Trinajstić information content (AvgIpc) is 3.26. The zero-order chi connectivity index (χ0) is 24.5. The van der Waals surface area contributed by atoms with Crippen molar-refractivity contribution in [2.75, 3.05) is 13.1 Å². The second-order valence-electron chi connectivity index (χ2n) is 10.2. The third-order valence-corrected chi connectivity index (χ3v) is 7.01. The van der Waals surface area contributed by atoms with Crippen LogP contribution in [0.3, 0.4) is 0 Å². The van der Waals surface area contributed by atoms with Gasteiger partial charge in [-0.2, -0.15) is 0 Å². The molecule has 3 rings (SSSR count). The van der Waals surface area contributed by atoms with Gasteiger partial charge in [-0.1, -0.05) is 62.4 Å². The Morgan fingerprint density at radius 1 is 1.09 bits per heavy atom. The minimum Gasteiger partial charge on any atom is -0.345 e. The van der Waals surface area contributed by atoms with Crippen LogP contribution in [0.2, 0.25) is 0 Å². The van der Waals surface area contributed by atoms with E-state index in [0.29, 0.717) is 13.1 Å². The Morgan fingerprint density at radius 2 is 1.85 bits per heavy atom. The quantitative estimate of drug-likeness (QED) is 0.422. The molecule has 1 heterocycles. The summed E-state index contributed by atoms with van der Waals surface area (Å²) < 4.78 is 2.23. The first-order chi connectivity index (χ1) is 16.4. The van der Waals surface area contributed by atoms with E-state index in [4.69, 9.17) is 0 Å². The lowest BCUT2D eigenvalue weighted by atomic mass is 9.88. The largest absolute Gasteiger partial charge is 0.345 e. The van der Waals surface area contributed by atoms with Crippen LogP contribution in [0.15, 0.2) is 42.6 Å². The molecule has 2 amide bonds. The number of benzene rings is 1. The summed E-state index contributed by atoms with van der Waals surface area (Å²) in [5, 5.41) is 0. The molecule has 0 spiro atoms. The van der Waals surface area contributed by atoms with Gasteiger partial charge in [-0.05, 0) is 57.7 Å². The normalized spacial score (nSPS) is 14.4. The lowest BCUT2D eigenvalue weighted by Gasteiger charge is -2.33. The lowest BCUT2D eigenvalue weighted by molar-refractivity contribution is -0.145. The third-order valence-electron chi connectivity index (χ3n) is 7.01. The fraction of sp³-hybridized carbons (Fsp3) is 0.586. The predicted molar refractivity (Wildman–Crippen MR) is 138 cm³/mol. The van der Waals surface area contributed by atoms with Crippen molar-refractivity contribution in [1.82, 2.24) is 14.4 Å². The van der Waals surface area contributed by atoms with Gasteiger partial charge in [0.15, 0.2) is 0 Å². The number of hydrogen-bond donors (Lipinski definition) is 0. The number of hydrogen-bond acceptors (Lipinski definition) is 2. The molecular weight excluding hydrogens is 422 g/mol. The third kappa shape index (κ3) is 7.22. The molecule has 0 unspecified atom stereocenters. The highest BCUT2D eigenvalue weighted by atomic mass is 16.2. The molecule has 1 saturated carbocycles. The fourth-order valence-corrected chi connectivity index (χ4v) is 4.94. The first kappa shape index (κ1) is 26.1. The van der Waals surface area contributed by atoms with Gasteiger partial charge in [0.05, 0.1) is 13.1 Å². The summed E-state index contributed by atoms with van der Waals surface area (Å²) in [7, 11) is 0. The van der Waals surface area contributed by atoms with E-state index in [1.165, 1.54) is 17.5 Å². The molecular formula is C29H43N3O2. The van der Waals surface area contributed by atoms with Gasteiger partial charge < -0.3 is 14.4 Å². The van der Waals surface area contributed by atoms with Crippen molar-refractivity contribution in [2.45, 2.75) is 91.8 Å². The van der Waals surface area contributed by atoms with Crippen LogP contribution in [0.4, 0.5) is 0 Å². The number of carbonyl (C=O) groups is 2. The summed E-state index contributed by atoms with van der Waals surface area (Å²) in [6, 6.07) is 12.7. The van der Waals surface area contributed by atoms with E-state index < -0.39 is 0 Å². The highest BCUT2D eigenvalue weighted by Gasteiger charge is 2.30. The maximum atomic E-state index is 13.5. The predicted octanol–water partition coefficient (Wildman–Crippen LogP) is 5.79. The Bertz CT molecular complexity index is 927. The average molecular weight is 466 g/mol. The van der Waals surface area contributed by atoms with Crippen LogP contribution >= 0.6 is 0 Å². The van der Waals surface area contributed by atoms with Crippen molar-refractivity contribution < 1.29 is 9.59 Å². The summed E-state index contributed by atoms with van der Waals surface area (Å²) >= 11 is 0. The SMILES string of the molecule is CCCCN(Cc1cccn1Cc1cccc(C)c1)C(=O)CN(C(=O)C1CCCCC1)C(C)C. The number of amides is 2. The first-order valence-corrected chi connectivity index (χ1v) is 13.2. The van der Waals surface area contributed by atoms with E-state index in [1.807, 2.05) is 23.6 Å². The minimum absolute atomic E-state index is 0.0246. The van der Waals surface area contributed by atoms with Gasteiger partial charge in [-0.15, -0.1) is 0 Å². The van der Waals surface area contributed by atoms with Crippen LogP contribution in [-0.4, -0.2) is 45.3 Å². The number of rotatable bonds is 11. The molecule has 0 radical (unpaired) electrons. The Morgan fingerprint density at radius 3 is 2.53 bits per heavy atom. The second-order valence-corrected chi connectivity index (χ2v) is 10.2. The number of nitrogens with zero attached hydrogens (tertiary/aromatic N) is 3. The van der Waals surface area contributed by atoms with Crippen molar-refractivity contribution in [3.63, 3.8) is 0 Å². The molecule has 0 atom stereocenters. The van der Waals surface area contributed by atoms with Crippen LogP contribution in [0.5, 0.6) is 0 Å². The van der Waals surface area contributed by atoms with Crippen molar-refractivity contribution in [1.29, 1.82) is 0 Å². The topological polar surface area (TPSA) is 45.6 Å². The number of unbranched alkanes of at least 4 members (excludes halogenated alkanes) is 1. The van der Waals surface area contributed by atoms with Crippen LogP contribution in [-0.2, 0) is 22.7 Å². The molecule has 0 bridgehead atoms. The summed E-state index contributed by atoms with van der Waals surface area (Å²) in [4.78, 5) is 30.6. The molecule has 1 aromatic carbocycles. The minimum atomic E-state index is 0.0246. The van der Waals surface area contributed by atoms with Crippen LogP contribution in [0.1, 0.15) is 82.5 Å². The van der Waals surface area contributed by atoms with Crippen LogP contribution in [0, 0.1) is 12.8 Å². The molecule has 0 aliphatic heterocycles. The van der Waals surface area contributed by atoms with E-state index in [9.17, 15) is 9.59 Å². The van der Waals surface area contributed by atoms with E-state index >= 15 is 0 Å². The first-order valence-electron chi connectivity index (χ1n) is 13.2. The van der Waals surface area contributed by atoms with Gasteiger partial charge in [-0.3, -0.25) is 9.59 Å². The molecule has 1 fully saturated rings. The number of aromatic nitrogens is 1. The van der Waals surface area contributed by atoms with Gasteiger partial charge in [0, 0.05) is 36.9 Å². The molecule has 0 saturated heterocycles. The molecule has 1 aliphatic carbocycles. The van der Waals surface area contributed by atoms with Gasteiger partial charge in [-0.25, -0.2) is 0 Å². The summed E-state index contributed by atoms with van der Waals surface area (Å²) in [6.07, 6.45) is 9.47. The number of aryl methyl sites for hydroxylation is 1. The Balaban J connectivity index is 1.71. The van der Waals surface area contributed by atoms with E-state index in [0.717, 1.165) is 50.8 Å². The van der Waals surface area contributed by atoms with Gasteiger partial charge >= 0.3 is 0 Å². The molecule has 186 valence electrons. The monoisotopic (exact) mass is 465 g/mol. The van der Waals surface area contributed by atoms with Gasteiger partial charge in [0.1, 0.15) is 0 Å². The van der Waals surface area contributed by atoms with Crippen molar-refractivity contribution >= 4 is 11.8 Å². The molecule has 34 heavy (non-hydrogen) atoms. The zero-order valence-corrected chi connectivity index (χ0v) is 21.6. The molecule has 5 heteroatoms. The molecule has 1 aliphatic rings. The fourth-order valence-electron chi connectivity index (χ4n) is 4.94. The van der Waals surface area contributed by atoms with Gasteiger partial charge in [0.2, 0.25) is 11.8 Å². The molecule has 1 aromatic heterocycles. The van der Waals surface area contributed by atoms with E-state index in [2.05, 4.69) is 61.0 Å². The smallest absolute Gasteiger partial charge is 0.242 e. The summed E-state index contributed by atoms with van der Waals surface area (Å²) in [5.41, 5.74) is 3.64. The molecule has 2 aromatic rings.